The SMILES string of the molecule is Cc1ccn(CCc2c[nH]c3ccccc23)c(=O)c1C(=O)N1CCn2c(C)nnc2C1. The highest BCUT2D eigenvalue weighted by Crippen LogP contribution is 2.19. The maximum Gasteiger partial charge on any atom is 0.263 e. The molecular formula is C23H24N6O2. The summed E-state index contributed by atoms with van der Waals surface area (Å²) in [5.74, 6) is 1.36. The molecule has 158 valence electrons. The predicted molar refractivity (Wildman–Crippen MR) is 117 cm³/mol. The summed E-state index contributed by atoms with van der Waals surface area (Å²) in [6.45, 7) is 5.77. The molecule has 0 bridgehead atoms. The Kier molecular flexibility index (Phi) is 4.69. The zero-order chi connectivity index (χ0) is 21.5. The summed E-state index contributed by atoms with van der Waals surface area (Å²) in [4.78, 5) is 31.5. The van der Waals surface area contributed by atoms with Gasteiger partial charge in [-0.1, -0.05) is 18.2 Å². The number of pyridine rings is 1. The van der Waals surface area contributed by atoms with Crippen molar-refractivity contribution < 1.29 is 4.79 Å². The number of amides is 1. The summed E-state index contributed by atoms with van der Waals surface area (Å²) in [5.41, 5.74) is 2.93. The molecule has 8 heteroatoms. The third-order valence-corrected chi connectivity index (χ3v) is 6.11. The Bertz CT molecular complexity index is 1350. The van der Waals surface area contributed by atoms with Gasteiger partial charge in [-0.05, 0) is 43.5 Å². The van der Waals surface area contributed by atoms with E-state index in [1.165, 1.54) is 0 Å². The van der Waals surface area contributed by atoms with Gasteiger partial charge < -0.3 is 19.0 Å². The summed E-state index contributed by atoms with van der Waals surface area (Å²) in [6, 6.07) is 9.96. The molecule has 3 aromatic heterocycles. The van der Waals surface area contributed by atoms with Gasteiger partial charge in [0.1, 0.15) is 11.4 Å². The molecular weight excluding hydrogens is 392 g/mol. The summed E-state index contributed by atoms with van der Waals surface area (Å²) in [6.07, 6.45) is 4.47. The highest BCUT2D eigenvalue weighted by Gasteiger charge is 2.27. The van der Waals surface area contributed by atoms with Gasteiger partial charge in [0.2, 0.25) is 0 Å². The molecule has 1 aliphatic heterocycles. The van der Waals surface area contributed by atoms with Crippen LogP contribution in [0, 0.1) is 13.8 Å². The lowest BCUT2D eigenvalue weighted by Crippen LogP contribution is -2.42. The van der Waals surface area contributed by atoms with Crippen molar-refractivity contribution in [3.63, 3.8) is 0 Å². The lowest BCUT2D eigenvalue weighted by atomic mass is 10.1. The third kappa shape index (κ3) is 3.34. The van der Waals surface area contributed by atoms with Crippen LogP contribution in [0.5, 0.6) is 0 Å². The maximum atomic E-state index is 13.3. The van der Waals surface area contributed by atoms with Crippen LogP contribution in [-0.4, -0.2) is 41.7 Å². The van der Waals surface area contributed by atoms with Crippen molar-refractivity contribution in [1.29, 1.82) is 0 Å². The Hall–Kier alpha value is -3.68. The van der Waals surface area contributed by atoms with Gasteiger partial charge in [-0.3, -0.25) is 9.59 Å². The Morgan fingerprint density at radius 2 is 1.97 bits per heavy atom. The van der Waals surface area contributed by atoms with E-state index < -0.39 is 0 Å². The first-order valence-corrected chi connectivity index (χ1v) is 10.5. The van der Waals surface area contributed by atoms with E-state index in [1.54, 1.807) is 15.7 Å². The molecule has 5 rings (SSSR count). The Labute approximate surface area is 179 Å². The number of para-hydroxylation sites is 1. The number of carbonyl (C=O) groups is 1. The van der Waals surface area contributed by atoms with Crippen molar-refractivity contribution in [3.05, 3.63) is 81.4 Å². The molecule has 0 atom stereocenters. The number of rotatable bonds is 4. The second-order valence-electron chi connectivity index (χ2n) is 8.02. The van der Waals surface area contributed by atoms with E-state index in [1.807, 2.05) is 48.9 Å². The number of nitrogens with one attached hydrogen (secondary N) is 1. The minimum Gasteiger partial charge on any atom is -0.361 e. The van der Waals surface area contributed by atoms with Crippen LogP contribution in [-0.2, 0) is 26.1 Å². The fourth-order valence-electron chi connectivity index (χ4n) is 4.32. The molecule has 0 saturated heterocycles. The Morgan fingerprint density at radius 1 is 1.13 bits per heavy atom. The number of aromatic amines is 1. The smallest absolute Gasteiger partial charge is 0.263 e. The Balaban J connectivity index is 1.39. The van der Waals surface area contributed by atoms with Crippen molar-refractivity contribution in [3.8, 4) is 0 Å². The molecule has 4 aromatic rings. The molecule has 0 fully saturated rings. The van der Waals surface area contributed by atoms with Crippen LogP contribution in [0.1, 0.15) is 33.1 Å². The van der Waals surface area contributed by atoms with E-state index in [9.17, 15) is 9.59 Å². The second kappa shape index (κ2) is 7.54. The number of aromatic nitrogens is 5. The van der Waals surface area contributed by atoms with Crippen LogP contribution >= 0.6 is 0 Å². The van der Waals surface area contributed by atoms with E-state index in [-0.39, 0.29) is 17.0 Å². The van der Waals surface area contributed by atoms with Crippen LogP contribution in [0.4, 0.5) is 0 Å². The molecule has 0 aliphatic carbocycles. The largest absolute Gasteiger partial charge is 0.361 e. The number of carbonyl (C=O) groups excluding carboxylic acids is 1. The van der Waals surface area contributed by atoms with E-state index >= 15 is 0 Å². The molecule has 31 heavy (non-hydrogen) atoms. The van der Waals surface area contributed by atoms with Crippen molar-refractivity contribution in [2.24, 2.45) is 0 Å². The van der Waals surface area contributed by atoms with Gasteiger partial charge >= 0.3 is 0 Å². The first-order valence-electron chi connectivity index (χ1n) is 10.5. The topological polar surface area (TPSA) is 88.8 Å². The quantitative estimate of drug-likeness (QED) is 0.553. The normalized spacial score (nSPS) is 13.5. The van der Waals surface area contributed by atoms with Gasteiger partial charge in [0, 0.05) is 42.9 Å². The van der Waals surface area contributed by atoms with E-state index in [0.717, 1.165) is 28.1 Å². The van der Waals surface area contributed by atoms with E-state index in [0.29, 0.717) is 38.2 Å². The summed E-state index contributed by atoms with van der Waals surface area (Å²) in [7, 11) is 0. The average molecular weight is 416 g/mol. The van der Waals surface area contributed by atoms with Crippen LogP contribution < -0.4 is 5.56 Å². The second-order valence-corrected chi connectivity index (χ2v) is 8.02. The zero-order valence-electron chi connectivity index (χ0n) is 17.6. The van der Waals surface area contributed by atoms with E-state index in [2.05, 4.69) is 21.2 Å². The first kappa shape index (κ1) is 19.3. The van der Waals surface area contributed by atoms with Gasteiger partial charge in [-0.2, -0.15) is 0 Å². The fourth-order valence-corrected chi connectivity index (χ4v) is 4.32. The molecule has 4 heterocycles. The monoisotopic (exact) mass is 416 g/mol. The number of hydrogen-bond donors (Lipinski definition) is 1. The summed E-state index contributed by atoms with van der Waals surface area (Å²) >= 11 is 0. The maximum absolute atomic E-state index is 13.3. The number of fused-ring (bicyclic) bond motifs is 2. The van der Waals surface area contributed by atoms with Crippen LogP contribution in [0.2, 0.25) is 0 Å². The number of H-pyrrole nitrogens is 1. The number of nitrogens with zero attached hydrogens (tertiary/aromatic N) is 5. The molecule has 1 N–H and O–H groups in total. The van der Waals surface area contributed by atoms with Gasteiger partial charge in [0.25, 0.3) is 11.5 Å². The van der Waals surface area contributed by atoms with Crippen molar-refractivity contribution in [2.75, 3.05) is 6.54 Å². The minimum atomic E-state index is -0.243. The molecule has 8 nitrogen and oxygen atoms in total. The molecule has 1 amide bonds. The van der Waals surface area contributed by atoms with Crippen LogP contribution in [0.3, 0.4) is 0 Å². The highest BCUT2D eigenvalue weighted by molar-refractivity contribution is 5.95. The lowest BCUT2D eigenvalue weighted by molar-refractivity contribution is 0.0703. The van der Waals surface area contributed by atoms with Gasteiger partial charge in [-0.15, -0.1) is 10.2 Å². The lowest BCUT2D eigenvalue weighted by Gasteiger charge is -2.28. The van der Waals surface area contributed by atoms with Gasteiger partial charge in [0.05, 0.1) is 6.54 Å². The van der Waals surface area contributed by atoms with Gasteiger partial charge in [-0.25, -0.2) is 0 Å². The fraction of sp³-hybridized carbons (Fsp3) is 0.304. The van der Waals surface area contributed by atoms with E-state index in [4.69, 9.17) is 0 Å². The van der Waals surface area contributed by atoms with Crippen molar-refractivity contribution in [1.82, 2.24) is 29.2 Å². The molecule has 0 unspecified atom stereocenters. The van der Waals surface area contributed by atoms with Crippen molar-refractivity contribution in [2.45, 2.75) is 39.9 Å². The predicted octanol–water partition coefficient (Wildman–Crippen LogP) is 2.44. The average Bonchev–Trinajstić information content (AvgIpc) is 3.36. The third-order valence-electron chi connectivity index (χ3n) is 6.11. The van der Waals surface area contributed by atoms with Crippen LogP contribution in [0.25, 0.3) is 10.9 Å². The molecule has 0 saturated carbocycles. The van der Waals surface area contributed by atoms with Crippen molar-refractivity contribution >= 4 is 16.8 Å². The highest BCUT2D eigenvalue weighted by atomic mass is 16.2. The van der Waals surface area contributed by atoms with Gasteiger partial charge in [0.15, 0.2) is 5.82 Å². The summed E-state index contributed by atoms with van der Waals surface area (Å²) < 4.78 is 3.65. The van der Waals surface area contributed by atoms with Crippen LogP contribution in [0.15, 0.2) is 47.5 Å². The standard InChI is InChI=1S/C23H24N6O2/c1-15-7-9-27(10-8-17-13-24-19-6-4-3-5-18(17)19)22(30)21(15)23(31)28-11-12-29-16(2)25-26-20(29)14-28/h3-7,9,13,24H,8,10-12,14H2,1-2H3. The zero-order valence-corrected chi connectivity index (χ0v) is 17.6. The number of aryl methyl sites for hydroxylation is 4. The number of hydrogen-bond acceptors (Lipinski definition) is 4. The molecule has 1 aliphatic rings. The number of benzene rings is 1. The Morgan fingerprint density at radius 3 is 2.84 bits per heavy atom. The molecule has 0 spiro atoms. The summed E-state index contributed by atoms with van der Waals surface area (Å²) in [5, 5.41) is 9.41. The molecule has 1 aromatic carbocycles. The first-order chi connectivity index (χ1) is 15.0. The minimum absolute atomic E-state index is 0.240. The molecule has 0 radical (unpaired) electrons.